The van der Waals surface area contributed by atoms with Gasteiger partial charge in [-0.25, -0.2) is 4.79 Å². The molecule has 3 N–H and O–H groups in total. The van der Waals surface area contributed by atoms with E-state index in [9.17, 15) is 34.5 Å². The first kappa shape index (κ1) is 70.7. The molecule has 1 aliphatic heterocycles. The van der Waals surface area contributed by atoms with E-state index in [1.165, 1.54) is 77.0 Å². The lowest BCUT2D eigenvalue weighted by Crippen LogP contribution is -2.61. The van der Waals surface area contributed by atoms with Crippen LogP contribution >= 0.6 is 0 Å². The average molecular weight is 1080 g/mol. The van der Waals surface area contributed by atoms with Crippen LogP contribution in [0.3, 0.4) is 0 Å². The molecule has 0 aromatic rings. The lowest BCUT2D eigenvalue weighted by atomic mass is 9.98. The molecule has 77 heavy (non-hydrogen) atoms. The Morgan fingerprint density at radius 1 is 0.455 bits per heavy atom. The highest BCUT2D eigenvalue weighted by Gasteiger charge is 2.50. The number of hydrogen-bond acceptors (Lipinski definition) is 11. The molecule has 1 saturated heterocycles. The van der Waals surface area contributed by atoms with E-state index in [0.717, 1.165) is 103 Å². The van der Waals surface area contributed by atoms with Gasteiger partial charge in [0.2, 0.25) is 0 Å². The molecule has 0 bridgehead atoms. The van der Waals surface area contributed by atoms with Gasteiger partial charge < -0.3 is 39.0 Å². The number of carboxylic acid groups (broad SMARTS) is 1. The smallest absolute Gasteiger partial charge is 0.335 e. The first-order valence-corrected chi connectivity index (χ1v) is 30.2. The summed E-state index contributed by atoms with van der Waals surface area (Å²) in [6.07, 6.45) is 56.9. The molecule has 1 heterocycles. The molecule has 0 radical (unpaired) electrons. The van der Waals surface area contributed by atoms with E-state index in [2.05, 4.69) is 93.7 Å². The standard InChI is InChI=1S/C65H106O12/c1-4-7-10-13-16-19-22-25-28-29-32-33-36-39-42-45-48-51-57(66)73-54-56(75-58(67)52-49-46-43-40-37-34-30-26-23-20-17-14-11-8-5-2)55-74-65-63(61(70)60(69)62(77-65)64(71)72)76-59(68)53-50-47-44-41-38-35-31-27-24-21-18-15-12-9-6-3/h8,11,17-18,20-21,25-28,30-31,37,40,46,49,56,60-63,65,69-70H,4-7,9-10,12-16,19,22-24,29,32-36,38-39,41-45,47-48,50-55H2,1-3H3,(H,71,72)/b11-8-,20-17-,21-18-,28-25-,30-26-,31-27-,40-37-,49-46-. The molecular formula is C65H106O12. The first-order valence-electron chi connectivity index (χ1n) is 30.2. The third-order valence-corrected chi connectivity index (χ3v) is 13.1. The number of ether oxygens (including phenoxy) is 5. The maximum atomic E-state index is 13.1. The Morgan fingerprint density at radius 3 is 1.35 bits per heavy atom. The number of carboxylic acids is 1. The Labute approximate surface area is 466 Å². The van der Waals surface area contributed by atoms with E-state index in [-0.39, 0.29) is 25.9 Å². The van der Waals surface area contributed by atoms with E-state index in [4.69, 9.17) is 23.7 Å². The molecule has 0 spiro atoms. The summed E-state index contributed by atoms with van der Waals surface area (Å²) in [7, 11) is 0. The number of allylic oxidation sites excluding steroid dienone is 15. The number of carbonyl (C=O) groups excluding carboxylic acids is 3. The Morgan fingerprint density at radius 2 is 0.857 bits per heavy atom. The topological polar surface area (TPSA) is 175 Å². The van der Waals surface area contributed by atoms with Crippen LogP contribution in [0, 0.1) is 0 Å². The van der Waals surface area contributed by atoms with Crippen molar-refractivity contribution in [3.8, 4) is 0 Å². The SMILES string of the molecule is CC/C=C\C/C=C\C/C=C\C/C=C\C/C=C\CC(=O)OC(COC(=O)CCCCCCCCC/C=C\CCCCCCCC)COC1OC(C(=O)O)C(O)C(O)C1OC(=O)CCCCCCC/C=C\C/C=C\CCCCC. The fourth-order valence-electron chi connectivity index (χ4n) is 8.53. The molecule has 438 valence electrons. The molecule has 12 nitrogen and oxygen atoms in total. The number of hydrogen-bond donors (Lipinski definition) is 3. The molecule has 6 atom stereocenters. The Bertz CT molecular complexity index is 1710. The maximum absolute atomic E-state index is 13.1. The van der Waals surface area contributed by atoms with Gasteiger partial charge in [-0.05, 0) is 103 Å². The normalized spacial score (nSPS) is 18.7. The van der Waals surface area contributed by atoms with Gasteiger partial charge in [0.25, 0.3) is 0 Å². The van der Waals surface area contributed by atoms with Crippen LogP contribution in [0.5, 0.6) is 0 Å². The number of carbonyl (C=O) groups is 4. The summed E-state index contributed by atoms with van der Waals surface area (Å²) in [4.78, 5) is 51.1. The summed E-state index contributed by atoms with van der Waals surface area (Å²) in [6.45, 7) is 5.75. The zero-order chi connectivity index (χ0) is 56.1. The Hall–Kier alpha value is -4.36. The van der Waals surface area contributed by atoms with Gasteiger partial charge >= 0.3 is 23.9 Å². The van der Waals surface area contributed by atoms with Crippen LogP contribution in [0.25, 0.3) is 0 Å². The molecule has 0 aromatic carbocycles. The van der Waals surface area contributed by atoms with Crippen LogP contribution in [-0.2, 0) is 42.9 Å². The summed E-state index contributed by atoms with van der Waals surface area (Å²) in [6, 6.07) is 0. The Balaban J connectivity index is 2.75. The minimum absolute atomic E-state index is 0.0299. The zero-order valence-electron chi connectivity index (χ0n) is 48.2. The van der Waals surface area contributed by atoms with Crippen LogP contribution in [-0.4, -0.2) is 89.2 Å². The number of aliphatic hydroxyl groups is 2. The predicted molar refractivity (Wildman–Crippen MR) is 312 cm³/mol. The second-order valence-electron chi connectivity index (χ2n) is 20.3. The van der Waals surface area contributed by atoms with E-state index in [1.807, 2.05) is 18.2 Å². The quantitative estimate of drug-likeness (QED) is 0.0228. The number of aliphatic carboxylic acids is 1. The minimum atomic E-state index is -1.93. The van der Waals surface area contributed by atoms with Gasteiger partial charge in [0.1, 0.15) is 18.8 Å². The Kier molecular flexibility index (Phi) is 48.0. The number of aliphatic hydroxyl groups excluding tert-OH is 2. The predicted octanol–water partition coefficient (Wildman–Crippen LogP) is 15.7. The summed E-state index contributed by atoms with van der Waals surface area (Å²) < 4.78 is 28.3. The number of rotatable bonds is 50. The van der Waals surface area contributed by atoms with Crippen LogP contribution in [0.15, 0.2) is 97.2 Å². The molecule has 12 heteroatoms. The maximum Gasteiger partial charge on any atom is 0.335 e. The molecular weight excluding hydrogens is 973 g/mol. The number of unbranched alkanes of at least 4 members (excludes halogenated alkanes) is 21. The lowest BCUT2D eigenvalue weighted by Gasteiger charge is -2.40. The molecule has 0 amide bonds. The van der Waals surface area contributed by atoms with E-state index >= 15 is 0 Å². The van der Waals surface area contributed by atoms with Gasteiger partial charge in [0.05, 0.1) is 13.0 Å². The molecule has 0 aliphatic carbocycles. The van der Waals surface area contributed by atoms with Gasteiger partial charge in [-0.15, -0.1) is 0 Å². The largest absolute Gasteiger partial charge is 0.479 e. The molecule has 1 rings (SSSR count). The molecule has 0 aromatic heterocycles. The van der Waals surface area contributed by atoms with Gasteiger partial charge in [-0.1, -0.05) is 214 Å². The highest BCUT2D eigenvalue weighted by Crippen LogP contribution is 2.26. The van der Waals surface area contributed by atoms with Gasteiger partial charge in [-0.3, -0.25) is 14.4 Å². The molecule has 6 unspecified atom stereocenters. The van der Waals surface area contributed by atoms with Crippen molar-refractivity contribution in [2.24, 2.45) is 0 Å². The molecule has 1 fully saturated rings. The van der Waals surface area contributed by atoms with E-state index < -0.39 is 67.3 Å². The van der Waals surface area contributed by atoms with Crippen molar-refractivity contribution in [2.75, 3.05) is 13.2 Å². The summed E-state index contributed by atoms with van der Waals surface area (Å²) in [5, 5.41) is 31.5. The molecule has 0 saturated carbocycles. The van der Waals surface area contributed by atoms with Crippen LogP contribution in [0.4, 0.5) is 0 Å². The second kappa shape index (κ2) is 52.3. The summed E-state index contributed by atoms with van der Waals surface area (Å²) in [5.74, 6) is -3.32. The van der Waals surface area contributed by atoms with Crippen molar-refractivity contribution in [1.82, 2.24) is 0 Å². The highest BCUT2D eigenvalue weighted by atomic mass is 16.7. The zero-order valence-corrected chi connectivity index (χ0v) is 48.2. The summed E-state index contributed by atoms with van der Waals surface area (Å²) in [5.41, 5.74) is 0. The van der Waals surface area contributed by atoms with Crippen molar-refractivity contribution >= 4 is 23.9 Å². The fraction of sp³-hybridized carbons (Fsp3) is 0.692. The first-order chi connectivity index (χ1) is 37.6. The fourth-order valence-corrected chi connectivity index (χ4v) is 8.53. The minimum Gasteiger partial charge on any atom is -0.479 e. The van der Waals surface area contributed by atoms with E-state index in [0.29, 0.717) is 19.3 Å². The average Bonchev–Trinajstić information content (AvgIpc) is 3.43. The highest BCUT2D eigenvalue weighted by molar-refractivity contribution is 5.74. The van der Waals surface area contributed by atoms with Gasteiger partial charge in [0.15, 0.2) is 24.6 Å². The summed E-state index contributed by atoms with van der Waals surface area (Å²) >= 11 is 0. The monoisotopic (exact) mass is 1080 g/mol. The van der Waals surface area contributed by atoms with Crippen molar-refractivity contribution in [2.45, 2.75) is 276 Å². The van der Waals surface area contributed by atoms with Crippen molar-refractivity contribution in [3.63, 3.8) is 0 Å². The second-order valence-corrected chi connectivity index (χ2v) is 20.3. The number of esters is 3. The molecule has 1 aliphatic rings. The van der Waals surface area contributed by atoms with Gasteiger partial charge in [-0.2, -0.15) is 0 Å². The van der Waals surface area contributed by atoms with Crippen molar-refractivity contribution in [1.29, 1.82) is 0 Å². The third-order valence-electron chi connectivity index (χ3n) is 13.1. The van der Waals surface area contributed by atoms with E-state index in [1.54, 1.807) is 6.08 Å². The lowest BCUT2D eigenvalue weighted by molar-refractivity contribution is -0.301. The van der Waals surface area contributed by atoms with Crippen LogP contribution in [0.1, 0.15) is 239 Å². The van der Waals surface area contributed by atoms with Crippen LogP contribution in [0.2, 0.25) is 0 Å². The van der Waals surface area contributed by atoms with Crippen molar-refractivity contribution < 1.29 is 58.2 Å². The third kappa shape index (κ3) is 42.3. The van der Waals surface area contributed by atoms with Crippen LogP contribution < -0.4 is 0 Å². The van der Waals surface area contributed by atoms with Crippen molar-refractivity contribution in [3.05, 3.63) is 97.2 Å². The van der Waals surface area contributed by atoms with Gasteiger partial charge in [0, 0.05) is 12.8 Å².